The highest BCUT2D eigenvalue weighted by Crippen LogP contribution is 2.14. The number of hydrogen-bond acceptors (Lipinski definition) is 3. The lowest BCUT2D eigenvalue weighted by molar-refractivity contribution is 0.150. The summed E-state index contributed by atoms with van der Waals surface area (Å²) in [7, 11) is 0. The zero-order valence-electron chi connectivity index (χ0n) is 9.37. The third-order valence-corrected chi connectivity index (χ3v) is 2.66. The van der Waals surface area contributed by atoms with E-state index < -0.39 is 6.09 Å². The van der Waals surface area contributed by atoms with Crippen molar-refractivity contribution in [2.75, 3.05) is 6.61 Å². The number of cyclic esters (lactones) is 1. The van der Waals surface area contributed by atoms with Crippen LogP contribution in [0.25, 0.3) is 6.08 Å². The molecule has 0 aromatic heterocycles. The molecular formula is C13H15NO3. The summed E-state index contributed by atoms with van der Waals surface area (Å²) in [6.45, 7) is 0.0317. The first-order valence-electron chi connectivity index (χ1n) is 5.61. The molecule has 1 fully saturated rings. The number of alkyl carbamates (subject to hydrolysis) is 1. The predicted octanol–water partition coefficient (Wildman–Crippen LogP) is 1.56. The Bertz CT molecular complexity index is 402. The summed E-state index contributed by atoms with van der Waals surface area (Å²) in [5.41, 5.74) is 1.05. The van der Waals surface area contributed by atoms with E-state index in [1.165, 1.54) is 0 Å². The van der Waals surface area contributed by atoms with Crippen molar-refractivity contribution in [3.63, 3.8) is 0 Å². The number of benzene rings is 1. The molecule has 17 heavy (non-hydrogen) atoms. The molecule has 1 aliphatic heterocycles. The Morgan fingerprint density at radius 1 is 1.35 bits per heavy atom. The van der Waals surface area contributed by atoms with Gasteiger partial charge in [0, 0.05) is 6.61 Å². The Balaban J connectivity index is 2.02. The maximum atomic E-state index is 11.1. The van der Waals surface area contributed by atoms with Gasteiger partial charge >= 0.3 is 6.09 Å². The van der Waals surface area contributed by atoms with Crippen molar-refractivity contribution in [1.29, 1.82) is 0 Å². The largest absolute Gasteiger partial charge is 0.440 e. The molecule has 1 heterocycles. The van der Waals surface area contributed by atoms with Crippen LogP contribution >= 0.6 is 0 Å². The minimum absolute atomic E-state index is 0.0317. The van der Waals surface area contributed by atoms with Gasteiger partial charge in [-0.3, -0.25) is 0 Å². The van der Waals surface area contributed by atoms with Crippen LogP contribution in [0.1, 0.15) is 12.0 Å². The molecule has 1 aliphatic rings. The van der Waals surface area contributed by atoms with Gasteiger partial charge in [0.25, 0.3) is 0 Å². The topological polar surface area (TPSA) is 58.6 Å². The minimum atomic E-state index is -0.425. The average Bonchev–Trinajstić information content (AvgIpc) is 2.69. The summed E-state index contributed by atoms with van der Waals surface area (Å²) in [5.74, 6) is 0. The van der Waals surface area contributed by atoms with Crippen LogP contribution in [0.4, 0.5) is 4.79 Å². The van der Waals surface area contributed by atoms with Gasteiger partial charge in [-0.1, -0.05) is 36.4 Å². The highest BCUT2D eigenvalue weighted by atomic mass is 16.6. The molecule has 0 spiro atoms. The third-order valence-electron chi connectivity index (χ3n) is 2.66. The fourth-order valence-corrected chi connectivity index (χ4v) is 1.79. The van der Waals surface area contributed by atoms with Gasteiger partial charge in [-0.25, -0.2) is 4.79 Å². The molecule has 2 N–H and O–H groups in total. The molecule has 2 rings (SSSR count). The second-order valence-corrected chi connectivity index (χ2v) is 3.90. The number of aliphatic hydroxyl groups is 1. The van der Waals surface area contributed by atoms with E-state index in [4.69, 9.17) is 9.84 Å². The van der Waals surface area contributed by atoms with E-state index in [1.54, 1.807) is 0 Å². The van der Waals surface area contributed by atoms with E-state index in [-0.39, 0.29) is 18.8 Å². The fourth-order valence-electron chi connectivity index (χ4n) is 1.79. The highest BCUT2D eigenvalue weighted by molar-refractivity contribution is 5.71. The number of rotatable bonds is 4. The van der Waals surface area contributed by atoms with Crippen LogP contribution in [0.3, 0.4) is 0 Å². The summed E-state index contributed by atoms with van der Waals surface area (Å²) in [4.78, 5) is 11.1. The van der Waals surface area contributed by atoms with E-state index >= 15 is 0 Å². The smallest absolute Gasteiger partial charge is 0.408 e. The number of ether oxygens (including phenoxy) is 1. The van der Waals surface area contributed by atoms with Crippen LogP contribution in [0.2, 0.25) is 0 Å². The lowest BCUT2D eigenvalue weighted by Gasteiger charge is -2.11. The number of aliphatic hydroxyl groups excluding tert-OH is 1. The monoisotopic (exact) mass is 233 g/mol. The van der Waals surface area contributed by atoms with Gasteiger partial charge in [-0.05, 0) is 18.1 Å². The molecule has 0 radical (unpaired) electrons. The standard InChI is InChI=1S/C13H15NO3/c15-9-8-11-12(17-13(16)14-11)7-6-10-4-2-1-3-5-10/h1-7,11-12,15H,8-9H2,(H,14,16)/b7-6+/t11-,12?/m0/s1. The normalized spacial score (nSPS) is 23.7. The van der Waals surface area contributed by atoms with E-state index in [0.717, 1.165) is 5.56 Å². The lowest BCUT2D eigenvalue weighted by Crippen LogP contribution is -2.31. The van der Waals surface area contributed by atoms with E-state index in [1.807, 2.05) is 42.5 Å². The van der Waals surface area contributed by atoms with Gasteiger partial charge in [-0.2, -0.15) is 0 Å². The van der Waals surface area contributed by atoms with Crippen LogP contribution in [0.15, 0.2) is 36.4 Å². The average molecular weight is 233 g/mol. The van der Waals surface area contributed by atoms with Crippen molar-refractivity contribution in [3.05, 3.63) is 42.0 Å². The molecule has 4 heteroatoms. The maximum Gasteiger partial charge on any atom is 0.408 e. The molecule has 0 saturated carbocycles. The molecular weight excluding hydrogens is 218 g/mol. The van der Waals surface area contributed by atoms with Gasteiger partial charge in [0.2, 0.25) is 0 Å². The number of amides is 1. The summed E-state index contributed by atoms with van der Waals surface area (Å²) < 4.78 is 5.10. The first kappa shape index (κ1) is 11.7. The summed E-state index contributed by atoms with van der Waals surface area (Å²) in [5, 5.41) is 11.6. The Morgan fingerprint density at radius 3 is 2.82 bits per heavy atom. The molecule has 0 aliphatic carbocycles. The van der Waals surface area contributed by atoms with Crippen molar-refractivity contribution in [1.82, 2.24) is 5.32 Å². The van der Waals surface area contributed by atoms with Crippen molar-refractivity contribution < 1.29 is 14.6 Å². The molecule has 90 valence electrons. The Kier molecular flexibility index (Phi) is 3.77. The molecule has 1 saturated heterocycles. The van der Waals surface area contributed by atoms with Crippen molar-refractivity contribution in [2.24, 2.45) is 0 Å². The molecule has 1 aromatic rings. The molecule has 0 bridgehead atoms. The number of nitrogens with one attached hydrogen (secondary N) is 1. The molecule has 2 atom stereocenters. The third kappa shape index (κ3) is 3.07. The molecule has 1 unspecified atom stereocenters. The number of carbonyl (C=O) groups is 1. The van der Waals surface area contributed by atoms with Crippen molar-refractivity contribution in [2.45, 2.75) is 18.6 Å². The Morgan fingerprint density at radius 2 is 2.12 bits per heavy atom. The van der Waals surface area contributed by atoms with Gasteiger partial charge in [0.15, 0.2) is 0 Å². The first-order valence-corrected chi connectivity index (χ1v) is 5.61. The quantitative estimate of drug-likeness (QED) is 0.829. The van der Waals surface area contributed by atoms with Crippen LogP contribution in [-0.2, 0) is 4.74 Å². The maximum absolute atomic E-state index is 11.1. The Hall–Kier alpha value is -1.81. The van der Waals surface area contributed by atoms with Crippen LogP contribution in [0, 0.1) is 0 Å². The molecule has 4 nitrogen and oxygen atoms in total. The Labute approximate surface area is 99.9 Å². The van der Waals surface area contributed by atoms with E-state index in [0.29, 0.717) is 6.42 Å². The van der Waals surface area contributed by atoms with Crippen LogP contribution < -0.4 is 5.32 Å². The van der Waals surface area contributed by atoms with Crippen molar-refractivity contribution in [3.8, 4) is 0 Å². The number of hydrogen-bond donors (Lipinski definition) is 2. The van der Waals surface area contributed by atoms with Crippen LogP contribution in [-0.4, -0.2) is 30.0 Å². The zero-order chi connectivity index (χ0) is 12.1. The van der Waals surface area contributed by atoms with Crippen molar-refractivity contribution >= 4 is 12.2 Å². The summed E-state index contributed by atoms with van der Waals surface area (Å²) in [6, 6.07) is 9.65. The zero-order valence-corrected chi connectivity index (χ0v) is 9.37. The highest BCUT2D eigenvalue weighted by Gasteiger charge is 2.31. The van der Waals surface area contributed by atoms with Gasteiger partial charge in [0.05, 0.1) is 6.04 Å². The van der Waals surface area contributed by atoms with Gasteiger partial charge < -0.3 is 15.2 Å². The summed E-state index contributed by atoms with van der Waals surface area (Å²) in [6.07, 6.45) is 3.51. The SMILES string of the molecule is O=C1N[C@@H](CCO)C(/C=C/c2ccccc2)O1. The molecule has 1 aromatic carbocycles. The second kappa shape index (κ2) is 5.50. The fraction of sp³-hybridized carbons (Fsp3) is 0.308. The first-order chi connectivity index (χ1) is 8.29. The van der Waals surface area contributed by atoms with E-state index in [9.17, 15) is 4.79 Å². The van der Waals surface area contributed by atoms with Gasteiger partial charge in [0.1, 0.15) is 6.10 Å². The minimum Gasteiger partial charge on any atom is -0.440 e. The van der Waals surface area contributed by atoms with Gasteiger partial charge in [-0.15, -0.1) is 0 Å². The lowest BCUT2D eigenvalue weighted by atomic mass is 10.1. The second-order valence-electron chi connectivity index (χ2n) is 3.90. The van der Waals surface area contributed by atoms with E-state index in [2.05, 4.69) is 5.32 Å². The number of carbonyl (C=O) groups excluding carboxylic acids is 1. The van der Waals surface area contributed by atoms with Crippen LogP contribution in [0.5, 0.6) is 0 Å². The summed E-state index contributed by atoms with van der Waals surface area (Å²) >= 11 is 0. The molecule has 1 amide bonds. The predicted molar refractivity (Wildman–Crippen MR) is 64.4 cm³/mol.